The zero-order valence-corrected chi connectivity index (χ0v) is 10.3. The number of hydrogen-bond acceptors (Lipinski definition) is 3. The van der Waals surface area contributed by atoms with Gasteiger partial charge in [0.15, 0.2) is 0 Å². The molecule has 1 fully saturated rings. The second-order valence-electron chi connectivity index (χ2n) is 4.86. The Labute approximate surface area is 97.4 Å². The maximum absolute atomic E-state index is 4.37. The molecule has 86 valence electrons. The molecule has 0 amide bonds. The van der Waals surface area contributed by atoms with Gasteiger partial charge >= 0.3 is 0 Å². The molecule has 1 saturated heterocycles. The van der Waals surface area contributed by atoms with Gasteiger partial charge in [-0.2, -0.15) is 0 Å². The fourth-order valence-electron chi connectivity index (χ4n) is 2.10. The molecular weight excluding hydrogens is 198 g/mol. The second kappa shape index (κ2) is 3.91. The lowest BCUT2D eigenvalue weighted by Crippen LogP contribution is -2.38. The highest BCUT2D eigenvalue weighted by atomic mass is 15.4. The van der Waals surface area contributed by atoms with Crippen LogP contribution in [0.5, 0.6) is 0 Å². The van der Waals surface area contributed by atoms with Crippen molar-refractivity contribution in [3.63, 3.8) is 0 Å². The minimum atomic E-state index is 0.0201. The molecule has 1 aromatic rings. The minimum absolute atomic E-state index is 0.0201. The Kier molecular flexibility index (Phi) is 2.72. The van der Waals surface area contributed by atoms with Crippen LogP contribution in [0.3, 0.4) is 0 Å². The summed E-state index contributed by atoms with van der Waals surface area (Å²) in [6.45, 7) is 10.4. The van der Waals surface area contributed by atoms with Crippen molar-refractivity contribution in [2.75, 3.05) is 13.7 Å². The summed E-state index contributed by atoms with van der Waals surface area (Å²) < 4.78 is 0. The van der Waals surface area contributed by atoms with Crippen molar-refractivity contribution < 1.29 is 0 Å². The Hall–Kier alpha value is -1.35. The van der Waals surface area contributed by atoms with Gasteiger partial charge in [-0.1, -0.05) is 12.6 Å². The van der Waals surface area contributed by atoms with Gasteiger partial charge in [-0.25, -0.2) is 0 Å². The number of rotatable bonds is 2. The molecule has 0 aliphatic carbocycles. The number of hydrogen-bond donors (Lipinski definition) is 0. The Balaban J connectivity index is 2.15. The SMILES string of the molecule is C=C1N(C)CN(Cc2ccccn2)C1(C)C. The summed E-state index contributed by atoms with van der Waals surface area (Å²) in [5.41, 5.74) is 2.30. The highest BCUT2D eigenvalue weighted by Gasteiger charge is 2.38. The lowest BCUT2D eigenvalue weighted by atomic mass is 10.0. The third-order valence-corrected chi connectivity index (χ3v) is 3.42. The van der Waals surface area contributed by atoms with E-state index in [2.05, 4.69) is 48.3 Å². The number of pyridine rings is 1. The lowest BCUT2D eigenvalue weighted by molar-refractivity contribution is 0.171. The Morgan fingerprint density at radius 3 is 2.69 bits per heavy atom. The first kappa shape index (κ1) is 11.1. The molecule has 0 atom stereocenters. The first-order valence-electron chi connectivity index (χ1n) is 5.57. The first-order valence-corrected chi connectivity index (χ1v) is 5.57. The standard InChI is InChI=1S/C13H19N3/c1-11-13(2,3)16(10-15(11)4)9-12-7-5-6-8-14-12/h5-8H,1,9-10H2,2-4H3. The topological polar surface area (TPSA) is 19.4 Å². The summed E-state index contributed by atoms with van der Waals surface area (Å²) in [5.74, 6) is 0. The molecular formula is C13H19N3. The molecule has 0 aromatic carbocycles. The zero-order valence-electron chi connectivity index (χ0n) is 10.3. The lowest BCUT2D eigenvalue weighted by Gasteiger charge is -2.30. The van der Waals surface area contributed by atoms with Gasteiger partial charge in [0.05, 0.1) is 17.9 Å². The number of nitrogens with zero attached hydrogens (tertiary/aromatic N) is 3. The predicted molar refractivity (Wildman–Crippen MR) is 65.6 cm³/mol. The average molecular weight is 217 g/mol. The van der Waals surface area contributed by atoms with E-state index in [-0.39, 0.29) is 5.54 Å². The van der Waals surface area contributed by atoms with Gasteiger partial charge in [-0.15, -0.1) is 0 Å². The van der Waals surface area contributed by atoms with Crippen molar-refractivity contribution >= 4 is 0 Å². The van der Waals surface area contributed by atoms with Crippen molar-refractivity contribution in [1.29, 1.82) is 0 Å². The second-order valence-corrected chi connectivity index (χ2v) is 4.86. The van der Waals surface area contributed by atoms with Crippen molar-refractivity contribution in [2.24, 2.45) is 0 Å². The van der Waals surface area contributed by atoms with Crippen molar-refractivity contribution in [3.8, 4) is 0 Å². The molecule has 1 aliphatic rings. The van der Waals surface area contributed by atoms with Crippen LogP contribution < -0.4 is 0 Å². The van der Waals surface area contributed by atoms with E-state index in [1.807, 2.05) is 18.3 Å². The van der Waals surface area contributed by atoms with Crippen molar-refractivity contribution in [3.05, 3.63) is 42.4 Å². The van der Waals surface area contributed by atoms with Gasteiger partial charge in [-0.3, -0.25) is 9.88 Å². The van der Waals surface area contributed by atoms with E-state index in [0.717, 1.165) is 18.9 Å². The summed E-state index contributed by atoms with van der Waals surface area (Å²) in [6.07, 6.45) is 1.84. The van der Waals surface area contributed by atoms with E-state index in [1.54, 1.807) is 0 Å². The predicted octanol–water partition coefficient (Wildman–Crippen LogP) is 2.08. The van der Waals surface area contributed by atoms with Gasteiger partial charge in [0, 0.05) is 25.5 Å². The molecule has 2 heterocycles. The monoisotopic (exact) mass is 217 g/mol. The quantitative estimate of drug-likeness (QED) is 0.756. The van der Waals surface area contributed by atoms with Crippen molar-refractivity contribution in [2.45, 2.75) is 25.9 Å². The Morgan fingerprint density at radius 1 is 1.44 bits per heavy atom. The largest absolute Gasteiger partial charge is 0.364 e. The Bertz CT molecular complexity index is 383. The van der Waals surface area contributed by atoms with Gasteiger partial charge in [0.2, 0.25) is 0 Å². The van der Waals surface area contributed by atoms with Gasteiger partial charge in [0.1, 0.15) is 0 Å². The Morgan fingerprint density at radius 2 is 2.19 bits per heavy atom. The molecule has 2 rings (SSSR count). The fraction of sp³-hybridized carbons (Fsp3) is 0.462. The van der Waals surface area contributed by atoms with Crippen molar-refractivity contribution in [1.82, 2.24) is 14.8 Å². The van der Waals surface area contributed by atoms with Crippen LogP contribution in [0.2, 0.25) is 0 Å². The summed E-state index contributed by atoms with van der Waals surface area (Å²) in [6, 6.07) is 6.05. The first-order chi connectivity index (χ1) is 7.51. The van der Waals surface area contributed by atoms with Crippen LogP contribution in [-0.4, -0.2) is 34.0 Å². The van der Waals surface area contributed by atoms with Crippen LogP contribution >= 0.6 is 0 Å². The van der Waals surface area contributed by atoms with Gasteiger partial charge in [0.25, 0.3) is 0 Å². The summed E-state index contributed by atoms with van der Waals surface area (Å²) in [4.78, 5) is 8.95. The normalized spacial score (nSPS) is 20.4. The van der Waals surface area contributed by atoms with E-state index < -0.39 is 0 Å². The molecule has 0 radical (unpaired) electrons. The van der Waals surface area contributed by atoms with Crippen LogP contribution in [0.15, 0.2) is 36.7 Å². The third-order valence-electron chi connectivity index (χ3n) is 3.42. The summed E-state index contributed by atoms with van der Waals surface area (Å²) in [5, 5.41) is 0. The van der Waals surface area contributed by atoms with E-state index in [1.165, 1.54) is 5.70 Å². The molecule has 0 spiro atoms. The molecule has 0 saturated carbocycles. The molecule has 1 aliphatic heterocycles. The minimum Gasteiger partial charge on any atom is -0.364 e. The highest BCUT2D eigenvalue weighted by Crippen LogP contribution is 2.32. The molecule has 0 N–H and O–H groups in total. The van der Waals surface area contributed by atoms with E-state index in [0.29, 0.717) is 0 Å². The zero-order chi connectivity index (χ0) is 11.8. The summed E-state index contributed by atoms with van der Waals surface area (Å²) >= 11 is 0. The van der Waals surface area contributed by atoms with Gasteiger partial charge < -0.3 is 4.90 Å². The molecule has 3 heteroatoms. The van der Waals surface area contributed by atoms with Gasteiger partial charge in [-0.05, 0) is 26.0 Å². The third kappa shape index (κ3) is 1.83. The van der Waals surface area contributed by atoms with E-state index in [4.69, 9.17) is 0 Å². The van der Waals surface area contributed by atoms with Crippen LogP contribution in [-0.2, 0) is 6.54 Å². The molecule has 0 bridgehead atoms. The number of likely N-dealkylation sites (N-methyl/N-ethyl adjacent to an activating group) is 1. The number of aromatic nitrogens is 1. The van der Waals surface area contributed by atoms with Crippen LogP contribution in [0, 0.1) is 0 Å². The fourth-order valence-corrected chi connectivity index (χ4v) is 2.10. The maximum atomic E-state index is 4.37. The van der Waals surface area contributed by atoms with Crippen LogP contribution in [0.25, 0.3) is 0 Å². The molecule has 3 nitrogen and oxygen atoms in total. The maximum Gasteiger partial charge on any atom is 0.0712 e. The molecule has 16 heavy (non-hydrogen) atoms. The smallest absolute Gasteiger partial charge is 0.0712 e. The average Bonchev–Trinajstić information content (AvgIpc) is 2.45. The molecule has 0 unspecified atom stereocenters. The molecule has 1 aromatic heterocycles. The highest BCUT2D eigenvalue weighted by molar-refractivity contribution is 5.18. The van der Waals surface area contributed by atoms with Crippen LogP contribution in [0.4, 0.5) is 0 Å². The summed E-state index contributed by atoms with van der Waals surface area (Å²) in [7, 11) is 2.09. The van der Waals surface area contributed by atoms with E-state index >= 15 is 0 Å². The van der Waals surface area contributed by atoms with Crippen LogP contribution in [0.1, 0.15) is 19.5 Å². The van der Waals surface area contributed by atoms with E-state index in [9.17, 15) is 0 Å².